The van der Waals surface area contributed by atoms with Crippen molar-refractivity contribution in [2.24, 2.45) is 5.73 Å². The smallest absolute Gasteiger partial charge is 0.0634 e. The van der Waals surface area contributed by atoms with Gasteiger partial charge in [0.2, 0.25) is 0 Å². The maximum atomic E-state index is 5.81. The summed E-state index contributed by atoms with van der Waals surface area (Å²) < 4.78 is 5.48. The van der Waals surface area contributed by atoms with Crippen molar-refractivity contribution >= 4 is 0 Å². The fourth-order valence-electron chi connectivity index (χ4n) is 2.46. The highest BCUT2D eigenvalue weighted by Gasteiger charge is 2.21. The van der Waals surface area contributed by atoms with Gasteiger partial charge in [-0.1, -0.05) is 45.0 Å². The molecule has 0 bridgehead atoms. The van der Waals surface area contributed by atoms with E-state index in [1.807, 2.05) is 0 Å². The molecule has 3 nitrogen and oxygen atoms in total. The highest BCUT2D eigenvalue weighted by molar-refractivity contribution is 5.27. The summed E-state index contributed by atoms with van der Waals surface area (Å²) in [6.07, 6.45) is 0. The van der Waals surface area contributed by atoms with Crippen LogP contribution >= 0.6 is 0 Å². The lowest BCUT2D eigenvalue weighted by molar-refractivity contribution is -0.00792. The average Bonchev–Trinajstić information content (AvgIpc) is 2.39. The Kier molecular flexibility index (Phi) is 4.61. The van der Waals surface area contributed by atoms with Gasteiger partial charge in [0.25, 0.3) is 0 Å². The van der Waals surface area contributed by atoms with Gasteiger partial charge in [-0.2, -0.15) is 0 Å². The summed E-state index contributed by atoms with van der Waals surface area (Å²) in [4.78, 5) is 2.43. The molecule has 19 heavy (non-hydrogen) atoms. The summed E-state index contributed by atoms with van der Waals surface area (Å²) in [6, 6.07) is 9.32. The summed E-state index contributed by atoms with van der Waals surface area (Å²) >= 11 is 0. The molecule has 1 aliphatic rings. The van der Waals surface area contributed by atoms with Crippen LogP contribution in [0.25, 0.3) is 0 Å². The maximum Gasteiger partial charge on any atom is 0.0634 e. The molecule has 1 atom stereocenters. The fourth-order valence-corrected chi connectivity index (χ4v) is 2.46. The second-order valence-electron chi connectivity index (χ2n) is 6.38. The first-order chi connectivity index (χ1) is 9.00. The average molecular weight is 262 g/mol. The van der Waals surface area contributed by atoms with Crippen LogP contribution in [0.3, 0.4) is 0 Å². The Hall–Kier alpha value is -0.900. The number of ether oxygens (including phenoxy) is 1. The van der Waals surface area contributed by atoms with Crippen LogP contribution in [0.4, 0.5) is 0 Å². The van der Waals surface area contributed by atoms with Crippen molar-refractivity contribution in [2.75, 3.05) is 26.3 Å². The monoisotopic (exact) mass is 262 g/mol. The zero-order valence-electron chi connectivity index (χ0n) is 12.4. The van der Waals surface area contributed by atoms with E-state index in [2.05, 4.69) is 49.9 Å². The van der Waals surface area contributed by atoms with Gasteiger partial charge in [0.15, 0.2) is 0 Å². The SMILES string of the molecule is CC(C)(C)c1ccc(CN2CCOCC2CN)cc1. The van der Waals surface area contributed by atoms with Gasteiger partial charge in [0.1, 0.15) is 0 Å². The number of hydrogen-bond acceptors (Lipinski definition) is 3. The predicted octanol–water partition coefficient (Wildman–Crippen LogP) is 2.14. The van der Waals surface area contributed by atoms with Crippen LogP contribution in [0, 0.1) is 0 Å². The molecule has 0 amide bonds. The zero-order valence-corrected chi connectivity index (χ0v) is 12.4. The largest absolute Gasteiger partial charge is 0.378 e. The molecule has 1 aliphatic heterocycles. The lowest BCUT2D eigenvalue weighted by atomic mass is 9.86. The molecule has 1 heterocycles. The highest BCUT2D eigenvalue weighted by atomic mass is 16.5. The third kappa shape index (κ3) is 3.78. The first-order valence-electron chi connectivity index (χ1n) is 7.12. The second kappa shape index (κ2) is 6.04. The van der Waals surface area contributed by atoms with Crippen LogP contribution < -0.4 is 5.73 Å². The van der Waals surface area contributed by atoms with Crippen LogP contribution in [0.5, 0.6) is 0 Å². The molecule has 106 valence electrons. The van der Waals surface area contributed by atoms with Crippen molar-refractivity contribution in [3.63, 3.8) is 0 Å². The minimum Gasteiger partial charge on any atom is -0.378 e. The number of morpholine rings is 1. The molecule has 3 heteroatoms. The third-order valence-electron chi connectivity index (χ3n) is 3.83. The van der Waals surface area contributed by atoms with Gasteiger partial charge in [-0.25, -0.2) is 0 Å². The summed E-state index contributed by atoms with van der Waals surface area (Å²) in [7, 11) is 0. The fraction of sp³-hybridized carbons (Fsp3) is 0.625. The molecule has 0 radical (unpaired) electrons. The molecule has 1 unspecified atom stereocenters. The molecule has 0 spiro atoms. The van der Waals surface area contributed by atoms with E-state index in [0.29, 0.717) is 12.6 Å². The van der Waals surface area contributed by atoms with Crippen molar-refractivity contribution in [1.82, 2.24) is 4.90 Å². The Morgan fingerprint density at radius 2 is 1.95 bits per heavy atom. The summed E-state index contributed by atoms with van der Waals surface area (Å²) in [5, 5.41) is 0. The highest BCUT2D eigenvalue weighted by Crippen LogP contribution is 2.22. The Bertz CT molecular complexity index is 394. The maximum absolute atomic E-state index is 5.81. The van der Waals surface area contributed by atoms with Crippen LogP contribution in [-0.4, -0.2) is 37.2 Å². The minimum absolute atomic E-state index is 0.220. The van der Waals surface area contributed by atoms with Crippen molar-refractivity contribution < 1.29 is 4.74 Å². The number of rotatable bonds is 3. The number of nitrogens with two attached hydrogens (primary N) is 1. The molecule has 2 rings (SSSR count). The molecule has 2 N–H and O–H groups in total. The van der Waals surface area contributed by atoms with Gasteiger partial charge in [-0.15, -0.1) is 0 Å². The molecular formula is C16H26N2O. The van der Waals surface area contributed by atoms with E-state index in [9.17, 15) is 0 Å². The number of hydrogen-bond donors (Lipinski definition) is 1. The summed E-state index contributed by atoms with van der Waals surface area (Å²) in [6.45, 7) is 10.9. The normalized spacial score (nSPS) is 21.6. The quantitative estimate of drug-likeness (QED) is 0.907. The molecule has 1 aromatic rings. The Labute approximate surface area is 116 Å². The molecule has 1 saturated heterocycles. The zero-order chi connectivity index (χ0) is 13.9. The third-order valence-corrected chi connectivity index (χ3v) is 3.83. The van der Waals surface area contributed by atoms with E-state index >= 15 is 0 Å². The standard InChI is InChI=1S/C16H26N2O/c1-16(2,3)14-6-4-13(5-7-14)11-18-8-9-19-12-15(18)10-17/h4-7,15H,8-12,17H2,1-3H3. The van der Waals surface area contributed by atoms with Gasteiger partial charge < -0.3 is 10.5 Å². The van der Waals surface area contributed by atoms with Gasteiger partial charge >= 0.3 is 0 Å². The van der Waals surface area contributed by atoms with E-state index in [-0.39, 0.29) is 5.41 Å². The van der Waals surface area contributed by atoms with Crippen molar-refractivity contribution in [3.8, 4) is 0 Å². The second-order valence-corrected chi connectivity index (χ2v) is 6.38. The first kappa shape index (κ1) is 14.5. The van der Waals surface area contributed by atoms with E-state index in [1.54, 1.807) is 0 Å². The minimum atomic E-state index is 0.220. The molecule has 1 fully saturated rings. The Morgan fingerprint density at radius 1 is 1.26 bits per heavy atom. The van der Waals surface area contributed by atoms with Crippen molar-refractivity contribution in [3.05, 3.63) is 35.4 Å². The topological polar surface area (TPSA) is 38.5 Å². The van der Waals surface area contributed by atoms with Gasteiger partial charge in [0, 0.05) is 25.7 Å². The van der Waals surface area contributed by atoms with E-state index in [1.165, 1.54) is 11.1 Å². The predicted molar refractivity (Wildman–Crippen MR) is 79.2 cm³/mol. The van der Waals surface area contributed by atoms with Crippen molar-refractivity contribution in [2.45, 2.75) is 38.8 Å². The number of nitrogens with zero attached hydrogens (tertiary/aromatic N) is 1. The summed E-state index contributed by atoms with van der Waals surface area (Å²) in [5.41, 5.74) is 8.76. The van der Waals surface area contributed by atoms with Gasteiger partial charge in [0.05, 0.1) is 13.2 Å². The van der Waals surface area contributed by atoms with E-state index in [4.69, 9.17) is 10.5 Å². The van der Waals surface area contributed by atoms with Crippen LogP contribution in [0.1, 0.15) is 31.9 Å². The molecular weight excluding hydrogens is 236 g/mol. The molecule has 1 aromatic carbocycles. The number of benzene rings is 1. The Morgan fingerprint density at radius 3 is 2.53 bits per heavy atom. The lowest BCUT2D eigenvalue weighted by Crippen LogP contribution is -2.48. The van der Waals surface area contributed by atoms with E-state index in [0.717, 1.165) is 26.3 Å². The molecule has 0 saturated carbocycles. The summed E-state index contributed by atoms with van der Waals surface area (Å²) in [5.74, 6) is 0. The van der Waals surface area contributed by atoms with Crippen molar-refractivity contribution in [1.29, 1.82) is 0 Å². The van der Waals surface area contributed by atoms with Crippen LogP contribution in [0.15, 0.2) is 24.3 Å². The molecule has 0 aromatic heterocycles. The van der Waals surface area contributed by atoms with Gasteiger partial charge in [-0.3, -0.25) is 4.90 Å². The van der Waals surface area contributed by atoms with Crippen LogP contribution in [-0.2, 0) is 16.7 Å². The Balaban J connectivity index is 2.02. The van der Waals surface area contributed by atoms with Crippen LogP contribution in [0.2, 0.25) is 0 Å². The lowest BCUT2D eigenvalue weighted by Gasteiger charge is -2.34. The van der Waals surface area contributed by atoms with E-state index < -0.39 is 0 Å². The molecule has 0 aliphatic carbocycles. The van der Waals surface area contributed by atoms with Gasteiger partial charge in [-0.05, 0) is 16.5 Å². The first-order valence-corrected chi connectivity index (χ1v) is 7.12.